The first-order valence-corrected chi connectivity index (χ1v) is 13.8. The van der Waals surface area contributed by atoms with E-state index in [4.69, 9.17) is 4.98 Å². The average Bonchev–Trinajstić information content (AvgIpc) is 3.11. The largest absolute Gasteiger partial charge is 3.00 e. The monoisotopic (exact) mass is 410 g/mol. The number of rotatable bonds is 3. The van der Waals surface area contributed by atoms with Crippen LogP contribution in [0.1, 0.15) is 77.6 Å². The molecule has 4 aliphatic rings. The van der Waals surface area contributed by atoms with Crippen molar-refractivity contribution in [1.82, 2.24) is 0 Å². The van der Waals surface area contributed by atoms with Gasteiger partial charge >= 0.3 is 21.7 Å². The van der Waals surface area contributed by atoms with Gasteiger partial charge in [-0.1, -0.05) is 91.6 Å². The van der Waals surface area contributed by atoms with E-state index in [1.807, 2.05) is 0 Å². The molecule has 1 radical (unpaired) electrons. The molecule has 4 rings (SSSR count). The van der Waals surface area contributed by atoms with Crippen LogP contribution in [0.25, 0.3) is 4.98 Å². The molecule has 0 aromatic heterocycles. The molecule has 0 aliphatic heterocycles. The minimum atomic E-state index is -1.43. The summed E-state index contributed by atoms with van der Waals surface area (Å²) < 4.78 is 0. The van der Waals surface area contributed by atoms with Gasteiger partial charge in [0.2, 0.25) is 0 Å². The van der Waals surface area contributed by atoms with Gasteiger partial charge in [0.25, 0.3) is 0 Å². The molecule has 3 heteroatoms. The Morgan fingerprint density at radius 1 is 0.731 bits per heavy atom. The normalized spacial score (nSPS) is 39.8. The summed E-state index contributed by atoms with van der Waals surface area (Å²) >= 11 is 0. The Balaban J connectivity index is 0.00000113. The maximum absolute atomic E-state index is 5.60. The van der Waals surface area contributed by atoms with Crippen molar-refractivity contribution in [2.24, 2.45) is 29.6 Å². The van der Waals surface area contributed by atoms with Crippen molar-refractivity contribution in [3.8, 4) is 0 Å². The molecule has 4 aliphatic carbocycles. The molecule has 0 amide bonds. The summed E-state index contributed by atoms with van der Waals surface area (Å²) in [5.74, 6) is 5.31. The van der Waals surface area contributed by atoms with E-state index in [0.717, 1.165) is 41.2 Å². The Labute approximate surface area is 181 Å². The molecule has 0 heterocycles. The molecule has 0 N–H and O–H groups in total. The minimum Gasteiger partial charge on any atom is -0.662 e. The summed E-state index contributed by atoms with van der Waals surface area (Å²) in [6.45, 7) is 7.84. The maximum atomic E-state index is 5.60. The summed E-state index contributed by atoms with van der Waals surface area (Å²) in [6.07, 6.45) is 16.5. The molecule has 4 saturated carbocycles. The molecule has 26 heavy (non-hydrogen) atoms. The van der Waals surface area contributed by atoms with Crippen molar-refractivity contribution in [2.45, 2.75) is 102 Å². The third-order valence-corrected chi connectivity index (χ3v) is 11.9. The van der Waals surface area contributed by atoms with E-state index in [1.165, 1.54) is 44.9 Å². The predicted molar refractivity (Wildman–Crippen MR) is 115 cm³/mol. The van der Waals surface area contributed by atoms with Crippen molar-refractivity contribution < 1.29 is 21.7 Å². The molecule has 149 valence electrons. The van der Waals surface area contributed by atoms with Crippen molar-refractivity contribution >= 4 is 8.24 Å². The maximum Gasteiger partial charge on any atom is 3.00 e. The fourth-order valence-corrected chi connectivity index (χ4v) is 11.0. The second kappa shape index (κ2) is 10.1. The van der Waals surface area contributed by atoms with Crippen LogP contribution in [0.5, 0.6) is 0 Å². The first-order valence-electron chi connectivity index (χ1n) is 10.8. The number of nitrogens with zero attached hydrogens (tertiary/aromatic N) is 1. The first-order chi connectivity index (χ1) is 11.0. The first kappa shape index (κ1) is 24.9. The van der Waals surface area contributed by atoms with Crippen molar-refractivity contribution in [3.05, 3.63) is 19.8 Å². The van der Waals surface area contributed by atoms with E-state index in [2.05, 4.69) is 20.0 Å². The molecule has 0 aromatic rings. The van der Waals surface area contributed by atoms with Crippen LogP contribution in [-0.4, -0.2) is 14.3 Å². The van der Waals surface area contributed by atoms with Crippen LogP contribution in [0, 0.1) is 44.4 Å². The van der Waals surface area contributed by atoms with Crippen LogP contribution < -0.4 is 0 Å². The Morgan fingerprint density at radius 2 is 1.31 bits per heavy atom. The molecule has 6 unspecified atom stereocenters. The summed E-state index contributed by atoms with van der Waals surface area (Å²) in [6, 6.07) is 0.739. The zero-order valence-corrected chi connectivity index (χ0v) is 20.8. The van der Waals surface area contributed by atoms with Gasteiger partial charge in [-0.15, -0.1) is 6.04 Å². The summed E-state index contributed by atoms with van der Waals surface area (Å²) in [5.41, 5.74) is 1.01. The minimum absolute atomic E-state index is 0. The van der Waals surface area contributed by atoms with Gasteiger partial charge in [0.1, 0.15) is 0 Å². The molecule has 4 fully saturated rings. The standard InChI is InChI=1S/C21H38NSi.2CH3.Ti/c1-15-12-21(23(2,3)22-18-10-5-4-6-11-18)20-14-17-9-7-8-16(17)13-19(15)20;;;/h15-21H,4-14H2,1-3H3;2*1H3;/q3*-1;+3. The van der Waals surface area contributed by atoms with Crippen molar-refractivity contribution in [2.75, 3.05) is 0 Å². The zero-order chi connectivity index (χ0) is 16.0. The Bertz CT molecular complexity index is 420. The molecule has 0 spiro atoms. The Kier molecular flexibility index (Phi) is 9.67. The van der Waals surface area contributed by atoms with Crippen LogP contribution in [0.2, 0.25) is 18.6 Å². The molecular formula is C23H44NSiTi. The third-order valence-electron chi connectivity index (χ3n) is 8.39. The van der Waals surface area contributed by atoms with Crippen molar-refractivity contribution in [1.29, 1.82) is 0 Å². The SMILES string of the molecule is CC1CC([Si](C)(C)[N-]C2CCCCC2)C2CC3CCCC3CC12.[CH3-].[CH3-].[Ti+3]. The van der Waals surface area contributed by atoms with Gasteiger partial charge in [-0.25, -0.2) is 0 Å². The summed E-state index contributed by atoms with van der Waals surface area (Å²) in [5, 5.41) is 0. The molecule has 0 saturated heterocycles. The van der Waals surface area contributed by atoms with E-state index in [0.29, 0.717) is 0 Å². The molecule has 0 bridgehead atoms. The molecule has 6 atom stereocenters. The van der Waals surface area contributed by atoms with Gasteiger partial charge in [0.15, 0.2) is 0 Å². The van der Waals surface area contributed by atoms with Gasteiger partial charge in [0, 0.05) is 0 Å². The van der Waals surface area contributed by atoms with Gasteiger partial charge in [-0.2, -0.15) is 0 Å². The smallest absolute Gasteiger partial charge is 0.662 e. The van der Waals surface area contributed by atoms with Gasteiger partial charge in [-0.05, 0) is 42.4 Å². The summed E-state index contributed by atoms with van der Waals surface area (Å²) in [4.78, 5) is 5.60. The quantitative estimate of drug-likeness (QED) is 0.335. The third kappa shape index (κ3) is 4.89. The van der Waals surface area contributed by atoms with Crippen LogP contribution in [0.15, 0.2) is 0 Å². The predicted octanol–water partition coefficient (Wildman–Crippen LogP) is 7.65. The fraction of sp³-hybridized carbons (Fsp3) is 0.913. The Morgan fingerprint density at radius 3 is 1.92 bits per heavy atom. The number of hydrogen-bond acceptors (Lipinski definition) is 0. The van der Waals surface area contributed by atoms with Gasteiger partial charge in [0.05, 0.1) is 0 Å². The number of fused-ring (bicyclic) bond motifs is 2. The molecule has 1 nitrogen and oxygen atoms in total. The average molecular weight is 411 g/mol. The second-order valence-corrected chi connectivity index (χ2v) is 14.5. The van der Waals surface area contributed by atoms with E-state index in [-0.39, 0.29) is 36.6 Å². The zero-order valence-electron chi connectivity index (χ0n) is 18.3. The van der Waals surface area contributed by atoms with E-state index in [9.17, 15) is 0 Å². The second-order valence-electron chi connectivity index (χ2n) is 10.1. The van der Waals surface area contributed by atoms with E-state index >= 15 is 0 Å². The van der Waals surface area contributed by atoms with Crippen molar-refractivity contribution in [3.63, 3.8) is 0 Å². The van der Waals surface area contributed by atoms with Gasteiger partial charge < -0.3 is 19.8 Å². The molecule has 0 aromatic carbocycles. The van der Waals surface area contributed by atoms with Crippen LogP contribution in [0.4, 0.5) is 0 Å². The molecular weight excluding hydrogens is 366 g/mol. The van der Waals surface area contributed by atoms with E-state index < -0.39 is 8.24 Å². The van der Waals surface area contributed by atoms with Crippen LogP contribution in [0.3, 0.4) is 0 Å². The number of hydrogen-bond donors (Lipinski definition) is 0. The fourth-order valence-electron chi connectivity index (χ4n) is 7.24. The van der Waals surface area contributed by atoms with Crippen LogP contribution in [-0.2, 0) is 21.7 Å². The van der Waals surface area contributed by atoms with Gasteiger partial charge in [-0.3, -0.25) is 0 Å². The summed E-state index contributed by atoms with van der Waals surface area (Å²) in [7, 11) is -1.43. The van der Waals surface area contributed by atoms with Crippen LogP contribution >= 0.6 is 0 Å². The topological polar surface area (TPSA) is 14.1 Å². The Hall–Kier alpha value is 0.891. The van der Waals surface area contributed by atoms with E-state index in [1.54, 1.807) is 25.7 Å².